The molecule has 1 atom stereocenters. The smallest absolute Gasteiger partial charge is 0.209 e. The standard InChI is InChI=1S/C8H6ClN.C8H9F.C7H6F2.C6H11NO/c1-6-2-3-7(5-10)8(9)4-6;1-2-7-5-3-4-6-8(7)9;1-5-2-6(8)4-7(9)3-5;1-6-2-3-7(4-6)5-8/h2-4H,1H3;3-6H,2H2,1H3;2-4H,1H3;5-6H,2-4H2,1H3. The lowest BCUT2D eigenvalue weighted by atomic mass is 10.2. The molecular weight excluding hydrogens is 485 g/mol. The third-order valence-corrected chi connectivity index (χ3v) is 5.51. The molecule has 36 heavy (non-hydrogen) atoms. The van der Waals surface area contributed by atoms with E-state index in [2.05, 4.69) is 6.92 Å². The van der Waals surface area contributed by atoms with Crippen molar-refractivity contribution in [3.8, 4) is 6.07 Å². The molecule has 1 amide bonds. The fraction of sp³-hybridized carbons (Fsp3) is 0.310. The van der Waals surface area contributed by atoms with Gasteiger partial charge in [-0.2, -0.15) is 5.26 Å². The lowest BCUT2D eigenvalue weighted by Crippen LogP contribution is -2.17. The summed E-state index contributed by atoms with van der Waals surface area (Å²) in [6.07, 6.45) is 2.88. The molecule has 1 aliphatic rings. The molecular formula is C29H32ClF3N2O. The molecule has 1 saturated heterocycles. The van der Waals surface area contributed by atoms with E-state index in [0.29, 0.717) is 16.1 Å². The Morgan fingerprint density at radius 1 is 1.03 bits per heavy atom. The molecule has 4 rings (SSSR count). The number of benzene rings is 3. The number of nitrogens with zero attached hydrogens (tertiary/aromatic N) is 2. The number of hydrogen-bond acceptors (Lipinski definition) is 2. The largest absolute Gasteiger partial charge is 0.345 e. The Kier molecular flexibility index (Phi) is 14.0. The normalized spacial score (nSPS) is 13.6. The van der Waals surface area contributed by atoms with Crippen molar-refractivity contribution in [2.24, 2.45) is 5.92 Å². The fourth-order valence-electron chi connectivity index (χ4n) is 3.25. The third kappa shape index (κ3) is 11.9. The lowest BCUT2D eigenvalue weighted by Gasteiger charge is -2.04. The van der Waals surface area contributed by atoms with Crippen LogP contribution < -0.4 is 0 Å². The number of rotatable bonds is 2. The van der Waals surface area contributed by atoms with Crippen molar-refractivity contribution < 1.29 is 18.0 Å². The molecule has 3 nitrogen and oxygen atoms in total. The van der Waals surface area contributed by atoms with Crippen LogP contribution in [-0.4, -0.2) is 24.4 Å². The van der Waals surface area contributed by atoms with Crippen molar-refractivity contribution in [3.63, 3.8) is 0 Å². The van der Waals surface area contributed by atoms with E-state index in [-0.39, 0.29) is 5.82 Å². The number of hydrogen-bond donors (Lipinski definition) is 0. The van der Waals surface area contributed by atoms with E-state index in [1.807, 2.05) is 36.9 Å². The first-order valence-corrected chi connectivity index (χ1v) is 12.0. The fourth-order valence-corrected chi connectivity index (χ4v) is 3.53. The van der Waals surface area contributed by atoms with Crippen LogP contribution in [0.15, 0.2) is 60.7 Å². The van der Waals surface area contributed by atoms with E-state index in [9.17, 15) is 18.0 Å². The van der Waals surface area contributed by atoms with Gasteiger partial charge in [-0.1, -0.05) is 49.7 Å². The summed E-state index contributed by atoms with van der Waals surface area (Å²) in [5, 5.41) is 9.00. The maximum Gasteiger partial charge on any atom is 0.209 e. The second-order valence-electron chi connectivity index (χ2n) is 8.48. The van der Waals surface area contributed by atoms with Gasteiger partial charge in [0.15, 0.2) is 0 Å². The number of carbonyl (C=O) groups excluding carboxylic acids is 1. The molecule has 192 valence electrons. The van der Waals surface area contributed by atoms with Crippen molar-refractivity contribution in [1.29, 1.82) is 5.26 Å². The van der Waals surface area contributed by atoms with Crippen molar-refractivity contribution in [1.82, 2.24) is 4.90 Å². The minimum Gasteiger partial charge on any atom is -0.345 e. The van der Waals surface area contributed by atoms with Crippen LogP contribution in [0.3, 0.4) is 0 Å². The zero-order valence-electron chi connectivity index (χ0n) is 21.1. The monoisotopic (exact) mass is 516 g/mol. The molecule has 3 aromatic carbocycles. The van der Waals surface area contributed by atoms with Crippen molar-refractivity contribution in [2.75, 3.05) is 13.1 Å². The molecule has 3 aromatic rings. The molecule has 1 aliphatic heterocycles. The molecule has 0 aliphatic carbocycles. The summed E-state index contributed by atoms with van der Waals surface area (Å²) < 4.78 is 37.0. The maximum absolute atomic E-state index is 12.6. The summed E-state index contributed by atoms with van der Waals surface area (Å²) in [5.74, 6) is -0.416. The minimum absolute atomic E-state index is 0.0972. The van der Waals surface area contributed by atoms with Gasteiger partial charge in [-0.3, -0.25) is 4.79 Å². The van der Waals surface area contributed by atoms with Gasteiger partial charge in [-0.15, -0.1) is 0 Å². The summed E-state index contributed by atoms with van der Waals surface area (Å²) in [5.41, 5.74) is 3.00. The number of amides is 1. The Hall–Kier alpha value is -3.30. The second kappa shape index (κ2) is 16.4. The van der Waals surface area contributed by atoms with Gasteiger partial charge < -0.3 is 4.90 Å². The third-order valence-electron chi connectivity index (χ3n) is 5.20. The number of nitriles is 1. The van der Waals surface area contributed by atoms with Crippen LogP contribution in [0.4, 0.5) is 13.2 Å². The number of carbonyl (C=O) groups is 1. The molecule has 0 bridgehead atoms. The summed E-state index contributed by atoms with van der Waals surface area (Å²) >= 11 is 5.71. The van der Waals surface area contributed by atoms with Crippen molar-refractivity contribution in [2.45, 2.75) is 40.5 Å². The van der Waals surface area contributed by atoms with E-state index in [0.717, 1.165) is 49.0 Å². The maximum atomic E-state index is 12.6. The first-order chi connectivity index (χ1) is 17.1. The first-order valence-electron chi connectivity index (χ1n) is 11.6. The van der Waals surface area contributed by atoms with Crippen LogP contribution in [0.1, 0.15) is 42.5 Å². The summed E-state index contributed by atoms with van der Waals surface area (Å²) in [6, 6.07) is 17.6. The van der Waals surface area contributed by atoms with E-state index < -0.39 is 11.6 Å². The van der Waals surface area contributed by atoms with Gasteiger partial charge in [0.05, 0.1) is 10.6 Å². The van der Waals surface area contributed by atoms with Crippen LogP contribution in [0.2, 0.25) is 5.02 Å². The highest BCUT2D eigenvalue weighted by molar-refractivity contribution is 6.31. The molecule has 1 heterocycles. The van der Waals surface area contributed by atoms with Crippen LogP contribution in [0, 0.1) is 48.5 Å². The Labute approximate surface area is 217 Å². The average molecular weight is 517 g/mol. The highest BCUT2D eigenvalue weighted by Gasteiger charge is 2.15. The van der Waals surface area contributed by atoms with E-state index in [1.165, 1.54) is 24.6 Å². The minimum atomic E-state index is -0.521. The second-order valence-corrected chi connectivity index (χ2v) is 8.89. The number of halogens is 4. The molecule has 0 saturated carbocycles. The van der Waals surface area contributed by atoms with Gasteiger partial charge in [0.1, 0.15) is 23.5 Å². The quantitative estimate of drug-likeness (QED) is 0.328. The molecule has 7 heteroatoms. The predicted molar refractivity (Wildman–Crippen MR) is 139 cm³/mol. The predicted octanol–water partition coefficient (Wildman–Crippen LogP) is 7.67. The van der Waals surface area contributed by atoms with E-state index >= 15 is 0 Å². The van der Waals surface area contributed by atoms with Crippen LogP contribution in [0.5, 0.6) is 0 Å². The highest BCUT2D eigenvalue weighted by atomic mass is 35.5. The van der Waals surface area contributed by atoms with Gasteiger partial charge in [0.2, 0.25) is 6.41 Å². The number of likely N-dealkylation sites (tertiary alicyclic amines) is 1. The topological polar surface area (TPSA) is 44.1 Å². The highest BCUT2D eigenvalue weighted by Crippen LogP contribution is 2.15. The molecule has 0 spiro atoms. The number of aryl methyl sites for hydroxylation is 3. The van der Waals surface area contributed by atoms with Crippen molar-refractivity contribution in [3.05, 3.63) is 105 Å². The molecule has 0 aromatic heterocycles. The van der Waals surface area contributed by atoms with Gasteiger partial charge in [-0.05, 0) is 79.6 Å². The summed E-state index contributed by atoms with van der Waals surface area (Å²) in [4.78, 5) is 11.9. The Balaban J connectivity index is 0.000000241. The Morgan fingerprint density at radius 2 is 1.67 bits per heavy atom. The summed E-state index contributed by atoms with van der Waals surface area (Å²) in [6.45, 7) is 9.62. The van der Waals surface area contributed by atoms with E-state index in [4.69, 9.17) is 16.9 Å². The van der Waals surface area contributed by atoms with Gasteiger partial charge in [-0.25, -0.2) is 13.2 Å². The van der Waals surface area contributed by atoms with Gasteiger partial charge in [0, 0.05) is 19.2 Å². The van der Waals surface area contributed by atoms with Crippen LogP contribution in [-0.2, 0) is 11.2 Å². The zero-order valence-corrected chi connectivity index (χ0v) is 21.8. The Morgan fingerprint density at radius 3 is 2.06 bits per heavy atom. The zero-order chi connectivity index (χ0) is 27.1. The van der Waals surface area contributed by atoms with Gasteiger partial charge in [0.25, 0.3) is 0 Å². The van der Waals surface area contributed by atoms with Crippen LogP contribution in [0.25, 0.3) is 0 Å². The molecule has 0 radical (unpaired) electrons. The van der Waals surface area contributed by atoms with Gasteiger partial charge >= 0.3 is 0 Å². The molecule has 1 unspecified atom stereocenters. The average Bonchev–Trinajstić information content (AvgIpc) is 3.25. The van der Waals surface area contributed by atoms with Crippen LogP contribution >= 0.6 is 11.6 Å². The molecule has 1 fully saturated rings. The SMILES string of the molecule is CC1CCN(C=O)C1.CCc1ccccc1F.Cc1cc(F)cc(F)c1.Cc1ccc(C#N)c(Cl)c1. The Bertz CT molecular complexity index is 1100. The summed E-state index contributed by atoms with van der Waals surface area (Å²) in [7, 11) is 0. The van der Waals surface area contributed by atoms with Crippen molar-refractivity contribution >= 4 is 18.0 Å². The first kappa shape index (κ1) is 30.7. The lowest BCUT2D eigenvalue weighted by molar-refractivity contribution is -0.117. The van der Waals surface area contributed by atoms with E-state index in [1.54, 1.807) is 31.2 Å². The molecule has 0 N–H and O–H groups in total.